The number of aromatic nitrogens is 1. The number of carbonyl (C=O) groups is 2. The zero-order valence-corrected chi connectivity index (χ0v) is 21.5. The Kier molecular flexibility index (Phi) is 6.84. The minimum absolute atomic E-state index is 0.173. The number of benzene rings is 2. The predicted octanol–water partition coefficient (Wildman–Crippen LogP) is 7.38. The SMILES string of the molecule is CCOC(=O)c1c2c(C(=O)c3ccc(Cl)cc3)sc(SCc3ccc(C#N)cc3)c2n2ccccc12. The van der Waals surface area contributed by atoms with Crippen LogP contribution in [0.5, 0.6) is 0 Å². The van der Waals surface area contributed by atoms with Crippen LogP contribution in [0.2, 0.25) is 5.02 Å². The fraction of sp³-hybridized carbons (Fsp3) is 0.107. The van der Waals surface area contributed by atoms with E-state index in [9.17, 15) is 9.59 Å². The number of pyridine rings is 1. The highest BCUT2D eigenvalue weighted by molar-refractivity contribution is 8.00. The van der Waals surface area contributed by atoms with Crippen molar-refractivity contribution in [2.75, 3.05) is 6.61 Å². The summed E-state index contributed by atoms with van der Waals surface area (Å²) in [7, 11) is 0. The molecule has 3 aromatic heterocycles. The molecule has 5 nitrogen and oxygen atoms in total. The molecule has 0 radical (unpaired) electrons. The minimum Gasteiger partial charge on any atom is -0.462 e. The molecule has 2 aromatic carbocycles. The van der Waals surface area contributed by atoms with Crippen LogP contribution in [0, 0.1) is 11.3 Å². The number of hydrogen-bond donors (Lipinski definition) is 0. The summed E-state index contributed by atoms with van der Waals surface area (Å²) in [4.78, 5) is 27.3. The van der Waals surface area contributed by atoms with Crippen LogP contribution in [0.25, 0.3) is 16.4 Å². The number of hydrogen-bond acceptors (Lipinski definition) is 6. The molecular formula is C28H19ClN2O3S2. The highest BCUT2D eigenvalue weighted by Gasteiger charge is 2.29. The summed E-state index contributed by atoms with van der Waals surface area (Å²) < 4.78 is 8.29. The van der Waals surface area contributed by atoms with Crippen molar-refractivity contribution in [1.82, 2.24) is 4.40 Å². The Morgan fingerprint density at radius 3 is 2.53 bits per heavy atom. The second-order valence-electron chi connectivity index (χ2n) is 7.93. The number of ether oxygens (including phenoxy) is 1. The smallest absolute Gasteiger partial charge is 0.341 e. The number of halogens is 1. The van der Waals surface area contributed by atoms with Crippen LogP contribution in [0.1, 0.15) is 43.6 Å². The van der Waals surface area contributed by atoms with Gasteiger partial charge in [-0.1, -0.05) is 29.8 Å². The molecule has 8 heteroatoms. The molecule has 0 unspecified atom stereocenters. The van der Waals surface area contributed by atoms with Crippen LogP contribution in [-0.4, -0.2) is 22.8 Å². The lowest BCUT2D eigenvalue weighted by atomic mass is 10.1. The predicted molar refractivity (Wildman–Crippen MR) is 144 cm³/mol. The van der Waals surface area contributed by atoms with Crippen LogP contribution in [0.4, 0.5) is 0 Å². The molecule has 3 heterocycles. The fourth-order valence-electron chi connectivity index (χ4n) is 4.05. The van der Waals surface area contributed by atoms with E-state index in [1.165, 1.54) is 11.3 Å². The minimum atomic E-state index is -0.456. The number of nitriles is 1. The summed E-state index contributed by atoms with van der Waals surface area (Å²) in [5.74, 6) is 0.0150. The van der Waals surface area contributed by atoms with Crippen molar-refractivity contribution in [2.45, 2.75) is 16.9 Å². The second-order valence-corrected chi connectivity index (χ2v) is 10.6. The van der Waals surface area contributed by atoms with Crippen molar-refractivity contribution in [1.29, 1.82) is 5.26 Å². The number of rotatable bonds is 7. The number of thiophene rings is 1. The molecule has 5 aromatic rings. The van der Waals surface area contributed by atoms with E-state index in [0.29, 0.717) is 43.2 Å². The van der Waals surface area contributed by atoms with E-state index in [1.807, 2.05) is 40.9 Å². The lowest BCUT2D eigenvalue weighted by molar-refractivity contribution is 0.0531. The molecule has 0 aliphatic rings. The van der Waals surface area contributed by atoms with E-state index >= 15 is 0 Å². The average molecular weight is 531 g/mol. The topological polar surface area (TPSA) is 71.6 Å². The molecule has 0 atom stereocenters. The van der Waals surface area contributed by atoms with Gasteiger partial charge in [0.05, 0.1) is 43.9 Å². The Hall–Kier alpha value is -3.57. The molecule has 0 amide bonds. The standard InChI is InChI=1S/C28H19ClN2O3S2/c1-2-34-27(33)22-21-5-3-4-14-31(21)24-23(22)26(25(32)19-10-12-20(29)13-11-19)36-28(24)35-16-18-8-6-17(15-30)7-9-18/h3-14H,2,16H2,1H3. The van der Waals surface area contributed by atoms with Gasteiger partial charge in [-0.25, -0.2) is 4.79 Å². The molecule has 5 rings (SSSR count). The van der Waals surface area contributed by atoms with Crippen LogP contribution in [0.3, 0.4) is 0 Å². The zero-order chi connectivity index (χ0) is 25.2. The van der Waals surface area contributed by atoms with E-state index in [2.05, 4.69) is 6.07 Å². The molecule has 0 saturated heterocycles. The first-order valence-corrected chi connectivity index (χ1v) is 13.3. The third-order valence-electron chi connectivity index (χ3n) is 5.70. The summed E-state index contributed by atoms with van der Waals surface area (Å²) in [6, 6.07) is 22.0. The number of fused-ring (bicyclic) bond motifs is 3. The van der Waals surface area contributed by atoms with Crippen LogP contribution in [-0.2, 0) is 10.5 Å². The summed E-state index contributed by atoms with van der Waals surface area (Å²) >= 11 is 9.01. The van der Waals surface area contributed by atoms with E-state index in [4.69, 9.17) is 21.6 Å². The van der Waals surface area contributed by atoms with Gasteiger partial charge >= 0.3 is 5.97 Å². The van der Waals surface area contributed by atoms with Crippen molar-refractivity contribution in [2.24, 2.45) is 0 Å². The first-order valence-electron chi connectivity index (χ1n) is 11.2. The Balaban J connectivity index is 1.69. The van der Waals surface area contributed by atoms with Gasteiger partial charge in [-0.2, -0.15) is 5.26 Å². The normalized spacial score (nSPS) is 11.0. The van der Waals surface area contributed by atoms with Gasteiger partial charge in [0.25, 0.3) is 0 Å². The lowest BCUT2D eigenvalue weighted by Gasteiger charge is -2.04. The zero-order valence-electron chi connectivity index (χ0n) is 19.2. The molecule has 0 N–H and O–H groups in total. The van der Waals surface area contributed by atoms with Crippen LogP contribution >= 0.6 is 34.7 Å². The highest BCUT2D eigenvalue weighted by atomic mass is 35.5. The van der Waals surface area contributed by atoms with Crippen molar-refractivity contribution >= 4 is 62.9 Å². The molecule has 0 fully saturated rings. The van der Waals surface area contributed by atoms with Crippen LogP contribution in [0.15, 0.2) is 77.1 Å². The maximum absolute atomic E-state index is 13.7. The van der Waals surface area contributed by atoms with Gasteiger partial charge < -0.3 is 9.14 Å². The average Bonchev–Trinajstić information content (AvgIpc) is 3.44. The maximum Gasteiger partial charge on any atom is 0.341 e. The third-order valence-corrected chi connectivity index (χ3v) is 8.47. The summed E-state index contributed by atoms with van der Waals surface area (Å²) in [6.45, 7) is 2.00. The first kappa shape index (κ1) is 24.1. The summed E-state index contributed by atoms with van der Waals surface area (Å²) in [5, 5.41) is 10.2. The largest absolute Gasteiger partial charge is 0.462 e. The molecule has 36 heavy (non-hydrogen) atoms. The monoisotopic (exact) mass is 530 g/mol. The van der Waals surface area contributed by atoms with Gasteiger partial charge in [-0.3, -0.25) is 4.79 Å². The quantitative estimate of drug-likeness (QED) is 0.125. The highest BCUT2D eigenvalue weighted by Crippen LogP contribution is 2.44. The summed E-state index contributed by atoms with van der Waals surface area (Å²) in [5.41, 5.74) is 4.06. The van der Waals surface area contributed by atoms with Gasteiger partial charge in [0.2, 0.25) is 5.78 Å². The molecule has 178 valence electrons. The number of thioether (sulfide) groups is 1. The molecule has 0 bridgehead atoms. The lowest BCUT2D eigenvalue weighted by Crippen LogP contribution is -2.06. The number of ketones is 1. The van der Waals surface area contributed by atoms with E-state index < -0.39 is 5.97 Å². The molecular weight excluding hydrogens is 512 g/mol. The molecule has 0 spiro atoms. The Morgan fingerprint density at radius 1 is 1.08 bits per heavy atom. The Labute approximate surface area is 220 Å². The number of nitrogens with zero attached hydrogens (tertiary/aromatic N) is 2. The number of esters is 1. The first-order chi connectivity index (χ1) is 17.5. The van der Waals surface area contributed by atoms with Crippen molar-refractivity contribution in [3.05, 3.63) is 105 Å². The van der Waals surface area contributed by atoms with Crippen molar-refractivity contribution in [3.63, 3.8) is 0 Å². The van der Waals surface area contributed by atoms with E-state index in [0.717, 1.165) is 15.3 Å². The third kappa shape index (κ3) is 4.40. The molecule has 0 aliphatic heterocycles. The Bertz CT molecular complexity index is 1650. The van der Waals surface area contributed by atoms with Crippen molar-refractivity contribution < 1.29 is 14.3 Å². The van der Waals surface area contributed by atoms with Gasteiger partial charge in [0.15, 0.2) is 0 Å². The van der Waals surface area contributed by atoms with E-state index in [-0.39, 0.29) is 12.4 Å². The van der Waals surface area contributed by atoms with Gasteiger partial charge in [0.1, 0.15) is 0 Å². The summed E-state index contributed by atoms with van der Waals surface area (Å²) in [6.07, 6.45) is 1.90. The van der Waals surface area contributed by atoms with Crippen LogP contribution < -0.4 is 0 Å². The van der Waals surface area contributed by atoms with Gasteiger partial charge in [0, 0.05) is 27.9 Å². The maximum atomic E-state index is 13.7. The van der Waals surface area contributed by atoms with Gasteiger partial charge in [-0.15, -0.1) is 23.1 Å². The second kappa shape index (κ2) is 10.2. The molecule has 0 saturated carbocycles. The molecule has 0 aliphatic carbocycles. The number of carbonyl (C=O) groups excluding carboxylic acids is 2. The van der Waals surface area contributed by atoms with Gasteiger partial charge in [-0.05, 0) is 61.0 Å². The van der Waals surface area contributed by atoms with Crippen molar-refractivity contribution in [3.8, 4) is 6.07 Å². The fourth-order valence-corrected chi connectivity index (χ4v) is 6.66. The van der Waals surface area contributed by atoms with E-state index in [1.54, 1.807) is 55.1 Å². The Morgan fingerprint density at radius 2 is 1.83 bits per heavy atom.